The Morgan fingerprint density at radius 3 is 2.21 bits per heavy atom. The average molecular weight is 416 g/mol. The molecule has 0 saturated heterocycles. The third kappa shape index (κ3) is 6.34. The number of alkyl halides is 3. The van der Waals surface area contributed by atoms with E-state index in [1.807, 2.05) is 0 Å². The first-order valence-electron chi connectivity index (χ1n) is 7.89. The zero-order chi connectivity index (χ0) is 20.9. The number of halogens is 3. The lowest BCUT2D eigenvalue weighted by molar-refractivity contribution is -0.274. The summed E-state index contributed by atoms with van der Waals surface area (Å²) in [5.74, 6) is -0.205. The van der Waals surface area contributed by atoms with Crippen LogP contribution in [-0.4, -0.2) is 40.7 Å². The van der Waals surface area contributed by atoms with E-state index in [2.05, 4.69) is 15.0 Å². The molecule has 0 amide bonds. The molecule has 0 spiro atoms. The monoisotopic (exact) mass is 416 g/mol. The van der Waals surface area contributed by atoms with Gasteiger partial charge in [0.2, 0.25) is 0 Å². The van der Waals surface area contributed by atoms with Crippen LogP contribution in [-0.2, 0) is 9.84 Å². The average Bonchev–Trinajstić information content (AvgIpc) is 2.60. The fourth-order valence-corrected chi connectivity index (χ4v) is 2.77. The highest BCUT2D eigenvalue weighted by Gasteiger charge is 2.31. The minimum atomic E-state index is -4.75. The first-order chi connectivity index (χ1) is 13.0. The van der Waals surface area contributed by atoms with Crippen molar-refractivity contribution in [3.05, 3.63) is 48.5 Å². The van der Waals surface area contributed by atoms with Crippen LogP contribution in [0, 0.1) is 0 Å². The summed E-state index contributed by atoms with van der Waals surface area (Å²) in [7, 11) is -1.65. The molecule has 0 heterocycles. The number of hydrogen-bond acceptors (Lipinski definition) is 5. The van der Waals surface area contributed by atoms with Crippen molar-refractivity contribution >= 4 is 27.2 Å². The van der Waals surface area contributed by atoms with Gasteiger partial charge in [-0.3, -0.25) is 0 Å². The number of rotatable bonds is 6. The highest BCUT2D eigenvalue weighted by molar-refractivity contribution is 7.90. The topological polar surface area (TPSA) is 97.0 Å². The van der Waals surface area contributed by atoms with E-state index in [1.54, 1.807) is 19.2 Å². The molecule has 28 heavy (non-hydrogen) atoms. The highest BCUT2D eigenvalue weighted by atomic mass is 32.2. The smallest absolute Gasteiger partial charge is 0.406 e. The van der Waals surface area contributed by atoms with Crippen LogP contribution in [0.4, 0.5) is 24.5 Å². The fraction of sp³-hybridized carbons (Fsp3) is 0.235. The molecule has 2 rings (SSSR count). The number of anilines is 2. The zero-order valence-electron chi connectivity index (χ0n) is 15.1. The van der Waals surface area contributed by atoms with Crippen molar-refractivity contribution in [2.75, 3.05) is 30.2 Å². The number of nitrogens with zero attached hydrogens (tertiary/aromatic N) is 2. The van der Waals surface area contributed by atoms with Gasteiger partial charge in [-0.1, -0.05) is 0 Å². The lowest BCUT2D eigenvalue weighted by Gasteiger charge is -2.19. The van der Waals surface area contributed by atoms with Gasteiger partial charge in [-0.25, -0.2) is 13.4 Å². The van der Waals surface area contributed by atoms with Crippen molar-refractivity contribution in [2.24, 2.45) is 10.7 Å². The summed E-state index contributed by atoms with van der Waals surface area (Å²) < 4.78 is 63.2. The number of benzene rings is 2. The largest absolute Gasteiger partial charge is 0.573 e. The lowest BCUT2D eigenvalue weighted by atomic mass is 10.3. The number of sulfone groups is 1. The molecule has 2 aromatic rings. The maximum absolute atomic E-state index is 12.2. The van der Waals surface area contributed by atoms with Crippen molar-refractivity contribution in [3.8, 4) is 5.75 Å². The van der Waals surface area contributed by atoms with E-state index in [9.17, 15) is 21.6 Å². The molecular formula is C17H19F3N4O3S. The summed E-state index contributed by atoms with van der Waals surface area (Å²) in [5, 5.41) is 2.96. The molecule has 0 aromatic heterocycles. The van der Waals surface area contributed by atoms with Crippen LogP contribution in [0.5, 0.6) is 5.75 Å². The van der Waals surface area contributed by atoms with Gasteiger partial charge in [0.05, 0.1) is 4.90 Å². The van der Waals surface area contributed by atoms with E-state index in [-0.39, 0.29) is 23.3 Å². The van der Waals surface area contributed by atoms with Crippen LogP contribution in [0.2, 0.25) is 0 Å². The van der Waals surface area contributed by atoms with Gasteiger partial charge < -0.3 is 20.7 Å². The molecule has 0 aliphatic rings. The van der Waals surface area contributed by atoms with Gasteiger partial charge in [-0.05, 0) is 48.5 Å². The van der Waals surface area contributed by atoms with Crippen molar-refractivity contribution < 1.29 is 26.3 Å². The molecule has 3 N–H and O–H groups in total. The number of nitrogens with one attached hydrogen (secondary N) is 1. The molecule has 0 saturated carbocycles. The maximum atomic E-state index is 12.2. The molecule has 0 bridgehead atoms. The van der Waals surface area contributed by atoms with Gasteiger partial charge in [0.15, 0.2) is 15.8 Å². The maximum Gasteiger partial charge on any atom is 0.573 e. The van der Waals surface area contributed by atoms with Gasteiger partial charge in [0.25, 0.3) is 0 Å². The molecule has 2 aromatic carbocycles. The summed E-state index contributed by atoms with van der Waals surface area (Å²) in [6.07, 6.45) is -3.63. The predicted octanol–water partition coefficient (Wildman–Crippen LogP) is 2.81. The number of ether oxygens (including phenoxy) is 1. The Bertz CT molecular complexity index is 928. The van der Waals surface area contributed by atoms with Crippen LogP contribution in [0.3, 0.4) is 0 Å². The number of nitrogens with two attached hydrogens (primary N) is 1. The van der Waals surface area contributed by atoms with Crippen LogP contribution in [0.1, 0.15) is 0 Å². The fourth-order valence-electron chi connectivity index (χ4n) is 2.14. The van der Waals surface area contributed by atoms with E-state index in [0.29, 0.717) is 11.4 Å². The quantitative estimate of drug-likeness (QED) is 0.555. The van der Waals surface area contributed by atoms with Crippen LogP contribution in [0.15, 0.2) is 58.4 Å². The van der Waals surface area contributed by atoms with Gasteiger partial charge in [-0.2, -0.15) is 0 Å². The molecule has 0 fully saturated rings. The normalized spacial score (nSPS) is 12.5. The molecule has 0 unspecified atom stereocenters. The summed E-state index contributed by atoms with van der Waals surface area (Å²) in [6, 6.07) is 11.3. The molecule has 0 atom stereocenters. The second-order valence-electron chi connectivity index (χ2n) is 5.75. The summed E-state index contributed by atoms with van der Waals surface area (Å²) in [4.78, 5) is 5.83. The summed E-state index contributed by atoms with van der Waals surface area (Å²) >= 11 is 0. The van der Waals surface area contributed by atoms with Gasteiger partial charge >= 0.3 is 6.36 Å². The zero-order valence-corrected chi connectivity index (χ0v) is 15.9. The molecular weight excluding hydrogens is 397 g/mol. The van der Waals surface area contributed by atoms with Crippen LogP contribution in [0.25, 0.3) is 0 Å². The molecule has 0 aliphatic carbocycles. The predicted molar refractivity (Wildman–Crippen MR) is 101 cm³/mol. The van der Waals surface area contributed by atoms with E-state index in [0.717, 1.165) is 6.26 Å². The van der Waals surface area contributed by atoms with Crippen molar-refractivity contribution in [1.29, 1.82) is 0 Å². The minimum absolute atomic E-state index is 0.115. The van der Waals surface area contributed by atoms with E-state index in [4.69, 9.17) is 5.73 Å². The van der Waals surface area contributed by atoms with Crippen molar-refractivity contribution in [1.82, 2.24) is 0 Å². The summed E-state index contributed by atoms with van der Waals surface area (Å²) in [5.41, 5.74) is 7.05. The van der Waals surface area contributed by atoms with E-state index in [1.165, 1.54) is 41.3 Å². The van der Waals surface area contributed by atoms with Gasteiger partial charge in [0.1, 0.15) is 12.4 Å². The molecule has 0 radical (unpaired) electrons. The third-order valence-corrected chi connectivity index (χ3v) is 4.74. The Kier molecular flexibility index (Phi) is 6.39. The molecule has 7 nitrogen and oxygen atoms in total. The second-order valence-corrected chi connectivity index (χ2v) is 7.76. The number of aliphatic imine (C=N–C) groups is 1. The van der Waals surface area contributed by atoms with E-state index >= 15 is 0 Å². The minimum Gasteiger partial charge on any atom is -0.406 e. The molecule has 0 aliphatic heterocycles. The van der Waals surface area contributed by atoms with Crippen molar-refractivity contribution in [2.45, 2.75) is 11.3 Å². The Morgan fingerprint density at radius 2 is 1.71 bits per heavy atom. The van der Waals surface area contributed by atoms with Crippen LogP contribution < -0.4 is 20.7 Å². The SMILES string of the molecule is CN(C(N)=NCNc1ccc(S(C)(=O)=O)cc1)c1ccc(OC(F)(F)F)cc1. The van der Waals surface area contributed by atoms with Crippen LogP contribution >= 0.6 is 0 Å². The van der Waals surface area contributed by atoms with Crippen molar-refractivity contribution in [3.63, 3.8) is 0 Å². The number of hydrogen-bond donors (Lipinski definition) is 2. The first kappa shape index (κ1) is 21.4. The van der Waals surface area contributed by atoms with Gasteiger partial charge in [0, 0.05) is 24.7 Å². The molecule has 152 valence electrons. The third-order valence-electron chi connectivity index (χ3n) is 3.61. The number of guanidine groups is 1. The highest BCUT2D eigenvalue weighted by Crippen LogP contribution is 2.25. The Balaban J connectivity index is 1.95. The Labute approximate surface area is 160 Å². The molecule has 11 heteroatoms. The first-order valence-corrected chi connectivity index (χ1v) is 9.78. The standard InChI is InChI=1S/C17H19F3N4O3S/c1-24(13-5-7-14(8-6-13)27-17(18,19)20)16(21)23-11-22-12-3-9-15(10-4-12)28(2,25)26/h3-10,22H,11H2,1-2H3,(H2,21,23). The summed E-state index contributed by atoms with van der Waals surface area (Å²) in [6.45, 7) is 0.115. The Morgan fingerprint density at radius 1 is 1.14 bits per heavy atom. The van der Waals surface area contributed by atoms with E-state index < -0.39 is 16.2 Å². The Hall–Kier alpha value is -2.95. The van der Waals surface area contributed by atoms with Gasteiger partial charge in [-0.15, -0.1) is 13.2 Å². The second kappa shape index (κ2) is 8.38. The lowest BCUT2D eigenvalue weighted by Crippen LogP contribution is -2.34.